The summed E-state index contributed by atoms with van der Waals surface area (Å²) in [6.07, 6.45) is 3.71. The molecule has 1 aliphatic rings. The van der Waals surface area contributed by atoms with E-state index >= 15 is 0 Å². The number of aryl methyl sites for hydroxylation is 2. The quantitative estimate of drug-likeness (QED) is 0.919. The largest absolute Gasteiger partial charge is 0.315 e. The van der Waals surface area contributed by atoms with E-state index in [1.54, 1.807) is 0 Å². The van der Waals surface area contributed by atoms with Gasteiger partial charge in [0.15, 0.2) is 0 Å². The standard InChI is InChI=1S/C15H23BrN2/c1-13-5-6-14(15(16)12-13)4-2-9-18-10-3-7-17-8-11-18/h5-6,12,17H,2-4,7-11H2,1H3. The molecule has 3 heteroatoms. The molecule has 0 unspecified atom stereocenters. The van der Waals surface area contributed by atoms with E-state index in [1.165, 1.54) is 61.0 Å². The van der Waals surface area contributed by atoms with Gasteiger partial charge < -0.3 is 10.2 Å². The molecular formula is C15H23BrN2. The van der Waals surface area contributed by atoms with Crippen molar-refractivity contribution in [1.82, 2.24) is 10.2 Å². The van der Waals surface area contributed by atoms with Crippen LogP contribution in [0.2, 0.25) is 0 Å². The van der Waals surface area contributed by atoms with E-state index in [0.29, 0.717) is 0 Å². The molecule has 18 heavy (non-hydrogen) atoms. The Morgan fingerprint density at radius 1 is 1.28 bits per heavy atom. The molecule has 1 aromatic rings. The van der Waals surface area contributed by atoms with Gasteiger partial charge >= 0.3 is 0 Å². The van der Waals surface area contributed by atoms with Gasteiger partial charge in [-0.05, 0) is 63.0 Å². The first-order valence-electron chi connectivity index (χ1n) is 6.94. The van der Waals surface area contributed by atoms with E-state index in [9.17, 15) is 0 Å². The van der Waals surface area contributed by atoms with Crippen molar-refractivity contribution < 1.29 is 0 Å². The first kappa shape index (κ1) is 14.0. The third kappa shape index (κ3) is 4.38. The van der Waals surface area contributed by atoms with Crippen LogP contribution in [0.1, 0.15) is 24.0 Å². The molecule has 1 N–H and O–H groups in total. The summed E-state index contributed by atoms with van der Waals surface area (Å²) in [4.78, 5) is 2.59. The van der Waals surface area contributed by atoms with Crippen molar-refractivity contribution >= 4 is 15.9 Å². The summed E-state index contributed by atoms with van der Waals surface area (Å²) in [5.41, 5.74) is 2.76. The second kappa shape index (κ2) is 7.27. The summed E-state index contributed by atoms with van der Waals surface area (Å²) in [5, 5.41) is 3.45. The molecule has 0 amide bonds. The van der Waals surface area contributed by atoms with Gasteiger partial charge in [0.2, 0.25) is 0 Å². The normalized spacial score (nSPS) is 17.7. The molecule has 0 aliphatic carbocycles. The van der Waals surface area contributed by atoms with Crippen molar-refractivity contribution in [2.45, 2.75) is 26.2 Å². The lowest BCUT2D eigenvalue weighted by molar-refractivity contribution is 0.289. The van der Waals surface area contributed by atoms with E-state index in [0.717, 1.165) is 6.54 Å². The third-order valence-corrected chi connectivity index (χ3v) is 4.30. The highest BCUT2D eigenvalue weighted by Crippen LogP contribution is 2.19. The molecule has 1 aromatic carbocycles. The van der Waals surface area contributed by atoms with Crippen molar-refractivity contribution in [3.63, 3.8) is 0 Å². The van der Waals surface area contributed by atoms with Gasteiger partial charge in [-0.15, -0.1) is 0 Å². The third-order valence-electron chi connectivity index (χ3n) is 3.56. The second-order valence-electron chi connectivity index (χ2n) is 5.14. The van der Waals surface area contributed by atoms with E-state index < -0.39 is 0 Å². The highest BCUT2D eigenvalue weighted by Gasteiger charge is 2.08. The molecule has 1 saturated heterocycles. The summed E-state index contributed by atoms with van der Waals surface area (Å²) in [5.74, 6) is 0. The predicted octanol–water partition coefficient (Wildman–Crippen LogP) is 2.99. The fourth-order valence-electron chi connectivity index (χ4n) is 2.47. The first-order chi connectivity index (χ1) is 8.75. The van der Waals surface area contributed by atoms with Gasteiger partial charge in [0, 0.05) is 17.6 Å². The van der Waals surface area contributed by atoms with E-state index in [4.69, 9.17) is 0 Å². The highest BCUT2D eigenvalue weighted by atomic mass is 79.9. The van der Waals surface area contributed by atoms with Gasteiger partial charge in [-0.1, -0.05) is 28.1 Å². The number of benzene rings is 1. The lowest BCUT2D eigenvalue weighted by Gasteiger charge is -2.19. The van der Waals surface area contributed by atoms with Gasteiger partial charge in [-0.2, -0.15) is 0 Å². The van der Waals surface area contributed by atoms with Crippen LogP contribution in [0.15, 0.2) is 22.7 Å². The van der Waals surface area contributed by atoms with Crippen molar-refractivity contribution in [2.75, 3.05) is 32.7 Å². The number of nitrogens with one attached hydrogen (secondary N) is 1. The number of hydrogen-bond acceptors (Lipinski definition) is 2. The Morgan fingerprint density at radius 3 is 3.00 bits per heavy atom. The molecule has 0 atom stereocenters. The molecule has 100 valence electrons. The van der Waals surface area contributed by atoms with E-state index in [1.807, 2.05) is 0 Å². The van der Waals surface area contributed by atoms with Crippen LogP contribution in [-0.4, -0.2) is 37.6 Å². The van der Waals surface area contributed by atoms with Gasteiger partial charge in [-0.25, -0.2) is 0 Å². The minimum Gasteiger partial charge on any atom is -0.315 e. The number of hydrogen-bond donors (Lipinski definition) is 1. The van der Waals surface area contributed by atoms with E-state index in [2.05, 4.69) is 51.3 Å². The molecular weight excluding hydrogens is 288 g/mol. The summed E-state index contributed by atoms with van der Waals surface area (Å²) in [6, 6.07) is 6.67. The topological polar surface area (TPSA) is 15.3 Å². The summed E-state index contributed by atoms with van der Waals surface area (Å²) < 4.78 is 1.26. The Morgan fingerprint density at radius 2 is 2.17 bits per heavy atom. The van der Waals surface area contributed by atoms with Gasteiger partial charge in [-0.3, -0.25) is 0 Å². The maximum atomic E-state index is 3.66. The Balaban J connectivity index is 1.77. The summed E-state index contributed by atoms with van der Waals surface area (Å²) >= 11 is 3.66. The molecule has 2 nitrogen and oxygen atoms in total. The zero-order valence-corrected chi connectivity index (χ0v) is 12.8. The molecule has 1 fully saturated rings. The van der Waals surface area contributed by atoms with Crippen LogP contribution in [0.25, 0.3) is 0 Å². The number of rotatable bonds is 4. The SMILES string of the molecule is Cc1ccc(CCCN2CCCNCC2)c(Br)c1. The van der Waals surface area contributed by atoms with Crippen molar-refractivity contribution in [1.29, 1.82) is 0 Å². The lowest BCUT2D eigenvalue weighted by Crippen LogP contribution is -2.29. The zero-order valence-electron chi connectivity index (χ0n) is 11.2. The predicted molar refractivity (Wildman–Crippen MR) is 81.1 cm³/mol. The van der Waals surface area contributed by atoms with Crippen LogP contribution in [0.5, 0.6) is 0 Å². The van der Waals surface area contributed by atoms with Crippen LogP contribution < -0.4 is 5.32 Å². The van der Waals surface area contributed by atoms with Crippen LogP contribution >= 0.6 is 15.9 Å². The monoisotopic (exact) mass is 310 g/mol. The Hall–Kier alpha value is -0.380. The maximum Gasteiger partial charge on any atom is 0.0209 e. The molecule has 0 spiro atoms. The fraction of sp³-hybridized carbons (Fsp3) is 0.600. The molecule has 0 radical (unpaired) electrons. The first-order valence-corrected chi connectivity index (χ1v) is 7.73. The van der Waals surface area contributed by atoms with Crippen LogP contribution in [0.4, 0.5) is 0 Å². The van der Waals surface area contributed by atoms with Crippen LogP contribution in [0.3, 0.4) is 0 Å². The summed E-state index contributed by atoms with van der Waals surface area (Å²) in [6.45, 7) is 8.14. The van der Waals surface area contributed by atoms with Crippen LogP contribution in [-0.2, 0) is 6.42 Å². The maximum absolute atomic E-state index is 3.66. The average molecular weight is 311 g/mol. The summed E-state index contributed by atoms with van der Waals surface area (Å²) in [7, 11) is 0. The minimum absolute atomic E-state index is 1.15. The smallest absolute Gasteiger partial charge is 0.0209 e. The van der Waals surface area contributed by atoms with Crippen LogP contribution in [0, 0.1) is 6.92 Å². The molecule has 0 bridgehead atoms. The Kier molecular flexibility index (Phi) is 5.67. The van der Waals surface area contributed by atoms with Crippen molar-refractivity contribution in [3.05, 3.63) is 33.8 Å². The molecule has 0 saturated carbocycles. The van der Waals surface area contributed by atoms with E-state index in [-0.39, 0.29) is 0 Å². The minimum atomic E-state index is 1.15. The molecule has 0 aromatic heterocycles. The van der Waals surface area contributed by atoms with Gasteiger partial charge in [0.25, 0.3) is 0 Å². The molecule has 1 aliphatic heterocycles. The van der Waals surface area contributed by atoms with Crippen molar-refractivity contribution in [2.24, 2.45) is 0 Å². The fourth-order valence-corrected chi connectivity index (χ4v) is 3.16. The van der Waals surface area contributed by atoms with Gasteiger partial charge in [0.1, 0.15) is 0 Å². The molecule has 1 heterocycles. The lowest BCUT2D eigenvalue weighted by atomic mass is 10.1. The number of halogens is 1. The average Bonchev–Trinajstić information content (AvgIpc) is 2.60. The highest BCUT2D eigenvalue weighted by molar-refractivity contribution is 9.10. The number of nitrogens with zero attached hydrogens (tertiary/aromatic N) is 1. The zero-order chi connectivity index (χ0) is 12.8. The molecule has 2 rings (SSSR count). The van der Waals surface area contributed by atoms with Gasteiger partial charge in [0.05, 0.1) is 0 Å². The van der Waals surface area contributed by atoms with Crippen molar-refractivity contribution in [3.8, 4) is 0 Å². The second-order valence-corrected chi connectivity index (χ2v) is 6.00. The Bertz CT molecular complexity index is 371. The Labute approximate surface area is 119 Å².